The number of carbonyl (C=O) groups is 3. The van der Waals surface area contributed by atoms with E-state index < -0.39 is 0 Å². The van der Waals surface area contributed by atoms with E-state index in [1.165, 1.54) is 11.3 Å². The molecule has 2 aliphatic rings. The maximum atomic E-state index is 12.5. The number of piperidine rings is 1. The third-order valence-electron chi connectivity index (χ3n) is 5.80. The molecule has 1 N–H and O–H groups in total. The van der Waals surface area contributed by atoms with Crippen molar-refractivity contribution in [1.29, 1.82) is 0 Å². The fraction of sp³-hybridized carbons (Fsp3) is 0.409. The minimum Gasteiger partial charge on any atom is -0.439 e. The molecule has 7 nitrogen and oxygen atoms in total. The van der Waals surface area contributed by atoms with E-state index in [-0.39, 0.29) is 42.6 Å². The Kier molecular flexibility index (Phi) is 6.03. The van der Waals surface area contributed by atoms with Crippen molar-refractivity contribution in [2.75, 3.05) is 19.6 Å². The van der Waals surface area contributed by atoms with Gasteiger partial charge in [0.1, 0.15) is 6.10 Å². The Balaban J connectivity index is 1.29. The Morgan fingerprint density at radius 3 is 2.53 bits per heavy atom. The van der Waals surface area contributed by atoms with E-state index in [2.05, 4.69) is 5.32 Å². The molecule has 2 atom stereocenters. The van der Waals surface area contributed by atoms with Crippen LogP contribution in [0, 0.1) is 0 Å². The molecule has 30 heavy (non-hydrogen) atoms. The van der Waals surface area contributed by atoms with E-state index in [0.717, 1.165) is 5.56 Å². The lowest BCUT2D eigenvalue weighted by atomic mass is 9.98. The van der Waals surface area contributed by atoms with Crippen LogP contribution in [0.5, 0.6) is 0 Å². The molecule has 3 heterocycles. The fourth-order valence-electron chi connectivity index (χ4n) is 4.21. The molecule has 2 unspecified atom stereocenters. The van der Waals surface area contributed by atoms with Gasteiger partial charge in [-0.25, -0.2) is 4.79 Å². The molecule has 158 valence electrons. The first-order valence-electron chi connectivity index (χ1n) is 10.2. The Hall–Kier alpha value is -2.87. The lowest BCUT2D eigenvalue weighted by Crippen LogP contribution is -2.50. The van der Waals surface area contributed by atoms with E-state index in [1.807, 2.05) is 47.5 Å². The number of rotatable bonds is 5. The van der Waals surface area contributed by atoms with Crippen molar-refractivity contribution in [3.63, 3.8) is 0 Å². The summed E-state index contributed by atoms with van der Waals surface area (Å²) in [6, 6.07) is 13.3. The highest BCUT2D eigenvalue weighted by molar-refractivity contribution is 7.12. The third kappa shape index (κ3) is 4.18. The number of carbonyl (C=O) groups excluding carboxylic acids is 3. The summed E-state index contributed by atoms with van der Waals surface area (Å²) in [4.78, 5) is 41.2. The second kappa shape index (κ2) is 8.87. The maximum Gasteiger partial charge on any atom is 0.411 e. The molecular weight excluding hydrogens is 402 g/mol. The van der Waals surface area contributed by atoms with Crippen LogP contribution < -0.4 is 5.32 Å². The largest absolute Gasteiger partial charge is 0.439 e. The smallest absolute Gasteiger partial charge is 0.411 e. The van der Waals surface area contributed by atoms with Gasteiger partial charge in [0, 0.05) is 19.1 Å². The number of likely N-dealkylation sites (tertiary alicyclic amines) is 1. The van der Waals surface area contributed by atoms with Gasteiger partial charge in [-0.2, -0.15) is 0 Å². The molecule has 2 fully saturated rings. The molecule has 8 heteroatoms. The maximum absolute atomic E-state index is 12.5. The van der Waals surface area contributed by atoms with Gasteiger partial charge < -0.3 is 15.0 Å². The highest BCUT2D eigenvalue weighted by Crippen LogP contribution is 2.35. The average Bonchev–Trinajstić information content (AvgIpc) is 3.41. The third-order valence-corrected chi connectivity index (χ3v) is 6.67. The zero-order chi connectivity index (χ0) is 21.1. The van der Waals surface area contributed by atoms with Crippen molar-refractivity contribution in [3.05, 3.63) is 58.3 Å². The van der Waals surface area contributed by atoms with Gasteiger partial charge >= 0.3 is 6.09 Å². The summed E-state index contributed by atoms with van der Waals surface area (Å²) in [7, 11) is 0. The Morgan fingerprint density at radius 1 is 1.13 bits per heavy atom. The number of amides is 3. The second-order valence-corrected chi connectivity index (χ2v) is 8.58. The summed E-state index contributed by atoms with van der Waals surface area (Å²) in [5, 5.41) is 4.51. The van der Waals surface area contributed by atoms with Gasteiger partial charge in [-0.3, -0.25) is 14.5 Å². The van der Waals surface area contributed by atoms with Crippen molar-refractivity contribution >= 4 is 29.2 Å². The van der Waals surface area contributed by atoms with Crippen molar-refractivity contribution in [2.24, 2.45) is 0 Å². The van der Waals surface area contributed by atoms with Crippen molar-refractivity contribution in [3.8, 4) is 0 Å². The molecule has 0 bridgehead atoms. The predicted octanol–water partition coefficient (Wildman–Crippen LogP) is 3.05. The van der Waals surface area contributed by atoms with Gasteiger partial charge in [-0.05, 0) is 36.8 Å². The van der Waals surface area contributed by atoms with E-state index in [0.29, 0.717) is 30.8 Å². The Morgan fingerprint density at radius 2 is 1.87 bits per heavy atom. The summed E-state index contributed by atoms with van der Waals surface area (Å²) < 4.78 is 5.66. The Bertz CT molecular complexity index is 894. The zero-order valence-electron chi connectivity index (χ0n) is 16.8. The summed E-state index contributed by atoms with van der Waals surface area (Å²) in [6.07, 6.45) is 0.840. The van der Waals surface area contributed by atoms with Crippen LogP contribution in [0.25, 0.3) is 0 Å². The van der Waals surface area contributed by atoms with Gasteiger partial charge in [0.25, 0.3) is 5.91 Å². The molecule has 1 aromatic heterocycles. The molecular formula is C22H25N3O4S. The number of ether oxygens (including phenoxy) is 1. The molecule has 2 saturated heterocycles. The van der Waals surface area contributed by atoms with Crippen LogP contribution in [-0.2, 0) is 9.53 Å². The van der Waals surface area contributed by atoms with Crippen molar-refractivity contribution in [1.82, 2.24) is 15.1 Å². The first-order valence-corrected chi connectivity index (χ1v) is 11.1. The Labute approximate surface area is 179 Å². The summed E-state index contributed by atoms with van der Waals surface area (Å²) >= 11 is 1.35. The molecule has 0 radical (unpaired) electrons. The minimum absolute atomic E-state index is 0.0142. The van der Waals surface area contributed by atoms with Crippen molar-refractivity contribution < 1.29 is 19.1 Å². The fourth-order valence-corrected chi connectivity index (χ4v) is 4.85. The van der Waals surface area contributed by atoms with Gasteiger partial charge in [0.15, 0.2) is 0 Å². The highest BCUT2D eigenvalue weighted by Gasteiger charge is 2.44. The van der Waals surface area contributed by atoms with E-state index >= 15 is 0 Å². The van der Waals surface area contributed by atoms with Crippen LogP contribution in [0.4, 0.5) is 4.79 Å². The number of thiophene rings is 1. The average molecular weight is 428 g/mol. The van der Waals surface area contributed by atoms with Crippen LogP contribution in [0.15, 0.2) is 47.8 Å². The van der Waals surface area contributed by atoms with Crippen LogP contribution >= 0.6 is 11.3 Å². The van der Waals surface area contributed by atoms with Crippen LogP contribution in [-0.4, -0.2) is 59.4 Å². The predicted molar refractivity (Wildman–Crippen MR) is 113 cm³/mol. The van der Waals surface area contributed by atoms with Crippen LogP contribution in [0.2, 0.25) is 0 Å². The van der Waals surface area contributed by atoms with E-state index in [4.69, 9.17) is 4.74 Å². The van der Waals surface area contributed by atoms with Crippen molar-refractivity contribution in [2.45, 2.75) is 38.0 Å². The molecule has 0 spiro atoms. The molecule has 0 aliphatic carbocycles. The van der Waals surface area contributed by atoms with Gasteiger partial charge in [-0.15, -0.1) is 11.3 Å². The lowest BCUT2D eigenvalue weighted by molar-refractivity contribution is -0.131. The molecule has 2 aromatic rings. The quantitative estimate of drug-likeness (QED) is 0.796. The van der Waals surface area contributed by atoms with Crippen LogP contribution in [0.3, 0.4) is 0 Å². The second-order valence-electron chi connectivity index (χ2n) is 7.63. The van der Waals surface area contributed by atoms with E-state index in [1.54, 1.807) is 17.0 Å². The summed E-state index contributed by atoms with van der Waals surface area (Å²) in [5.41, 5.74) is 0.995. The lowest BCUT2D eigenvalue weighted by Gasteiger charge is -2.37. The normalized spacial score (nSPS) is 22.1. The number of nitrogens with zero attached hydrogens (tertiary/aromatic N) is 2. The minimum atomic E-state index is -0.288. The molecule has 4 rings (SSSR count). The van der Waals surface area contributed by atoms with Gasteiger partial charge in [-0.1, -0.05) is 36.4 Å². The van der Waals surface area contributed by atoms with E-state index in [9.17, 15) is 14.4 Å². The van der Waals surface area contributed by atoms with Gasteiger partial charge in [0.05, 0.1) is 17.5 Å². The number of hydrogen-bond acceptors (Lipinski definition) is 5. The first kappa shape index (κ1) is 20.4. The summed E-state index contributed by atoms with van der Waals surface area (Å²) in [5.74, 6) is -0.327. The number of benzene rings is 1. The molecule has 3 amide bonds. The molecule has 1 aromatic carbocycles. The summed E-state index contributed by atoms with van der Waals surface area (Å²) in [6.45, 7) is 3.12. The number of nitrogens with one attached hydrogen (secondary N) is 1. The number of cyclic esters (lactones) is 1. The monoisotopic (exact) mass is 427 g/mol. The van der Waals surface area contributed by atoms with Gasteiger partial charge in [0.2, 0.25) is 5.91 Å². The topological polar surface area (TPSA) is 79.0 Å². The zero-order valence-corrected chi connectivity index (χ0v) is 17.6. The SMILES string of the molecule is CC1C(c2ccccc2)OC(=O)N1C1CCN(C(=O)CNC(=O)c2cccs2)CC1. The van der Waals surface area contributed by atoms with Crippen LogP contribution in [0.1, 0.15) is 41.1 Å². The first-order chi connectivity index (χ1) is 14.5. The molecule has 0 saturated carbocycles. The number of hydrogen-bond donors (Lipinski definition) is 1. The highest BCUT2D eigenvalue weighted by atomic mass is 32.1. The molecule has 2 aliphatic heterocycles. The standard InChI is InChI=1S/C22H25N3O4S/c1-15-20(16-6-3-2-4-7-16)29-22(28)25(15)17-9-11-24(12-10-17)19(26)14-23-21(27)18-8-5-13-30-18/h2-8,13,15,17,20H,9-12,14H2,1H3,(H,23,27).